The summed E-state index contributed by atoms with van der Waals surface area (Å²) in [5.74, 6) is -0.550. The summed E-state index contributed by atoms with van der Waals surface area (Å²) in [6.45, 7) is 0. The number of aromatic carboxylic acids is 1. The Morgan fingerprint density at radius 2 is 1.81 bits per heavy atom. The highest BCUT2D eigenvalue weighted by atomic mass is 79.9. The Bertz CT molecular complexity index is 859. The van der Waals surface area contributed by atoms with Crippen molar-refractivity contribution in [3.63, 3.8) is 0 Å². The van der Waals surface area contributed by atoms with E-state index in [0.29, 0.717) is 11.5 Å². The van der Waals surface area contributed by atoms with Crippen molar-refractivity contribution in [2.45, 2.75) is 0 Å². The van der Waals surface area contributed by atoms with Crippen LogP contribution in [0.15, 0.2) is 39.4 Å². The van der Waals surface area contributed by atoms with Crippen LogP contribution in [0, 0.1) is 0 Å². The largest absolute Gasteiger partial charge is 0.478 e. The second-order valence-electron chi connectivity index (χ2n) is 4.26. The number of hydrogen-bond donors (Lipinski definition) is 1. The normalized spacial score (nSPS) is 11.0. The van der Waals surface area contributed by atoms with Crippen molar-refractivity contribution in [2.24, 2.45) is 0 Å². The van der Waals surface area contributed by atoms with E-state index in [0.717, 1.165) is 14.5 Å². The van der Waals surface area contributed by atoms with Crippen molar-refractivity contribution in [2.75, 3.05) is 0 Å². The molecular formula is C13H6Br2ClN3O2. The van der Waals surface area contributed by atoms with Crippen LogP contribution in [-0.4, -0.2) is 25.7 Å². The fourth-order valence-corrected chi connectivity index (χ4v) is 3.49. The van der Waals surface area contributed by atoms with Crippen molar-refractivity contribution in [3.05, 3.63) is 50.0 Å². The first-order valence-corrected chi connectivity index (χ1v) is 7.66. The summed E-state index contributed by atoms with van der Waals surface area (Å²) in [5, 5.41) is 17.5. The first-order chi connectivity index (χ1) is 9.95. The molecular weight excluding hydrogens is 425 g/mol. The van der Waals surface area contributed by atoms with E-state index in [9.17, 15) is 4.79 Å². The third-order valence-corrected chi connectivity index (χ3v) is 4.02. The van der Waals surface area contributed by atoms with Crippen LogP contribution in [0.5, 0.6) is 0 Å². The second kappa shape index (κ2) is 5.40. The van der Waals surface area contributed by atoms with Crippen molar-refractivity contribution < 1.29 is 9.90 Å². The fourth-order valence-electron chi connectivity index (χ4n) is 1.95. The number of carboxylic acid groups (broad SMARTS) is 1. The zero-order valence-electron chi connectivity index (χ0n) is 10.2. The molecule has 1 aromatic carbocycles. The Morgan fingerprint density at radius 3 is 2.43 bits per heavy atom. The van der Waals surface area contributed by atoms with Crippen molar-refractivity contribution in [1.82, 2.24) is 14.6 Å². The first-order valence-electron chi connectivity index (χ1n) is 5.70. The maximum Gasteiger partial charge on any atom is 0.337 e. The Balaban J connectivity index is 2.30. The molecule has 3 rings (SSSR count). The summed E-state index contributed by atoms with van der Waals surface area (Å²) >= 11 is 12.9. The molecule has 1 N–H and O–H groups in total. The van der Waals surface area contributed by atoms with E-state index in [1.54, 1.807) is 4.40 Å². The van der Waals surface area contributed by atoms with Gasteiger partial charge < -0.3 is 5.11 Å². The molecule has 21 heavy (non-hydrogen) atoms. The van der Waals surface area contributed by atoms with E-state index in [4.69, 9.17) is 16.7 Å². The number of nitrogens with zero attached hydrogens (tertiary/aromatic N) is 3. The Morgan fingerprint density at radius 1 is 1.14 bits per heavy atom. The van der Waals surface area contributed by atoms with Crippen molar-refractivity contribution in [1.29, 1.82) is 0 Å². The van der Waals surface area contributed by atoms with Gasteiger partial charge in [-0.05, 0) is 24.3 Å². The van der Waals surface area contributed by atoms with Gasteiger partial charge in [-0.15, -0.1) is 10.2 Å². The van der Waals surface area contributed by atoms with Gasteiger partial charge >= 0.3 is 5.97 Å². The number of rotatable bonds is 2. The molecule has 2 aromatic heterocycles. The molecule has 0 amide bonds. The molecule has 3 aromatic rings. The predicted molar refractivity (Wildman–Crippen MR) is 85.8 cm³/mol. The predicted octanol–water partition coefficient (Wildman–Crippen LogP) is 4.27. The van der Waals surface area contributed by atoms with Crippen LogP contribution in [0.2, 0.25) is 5.02 Å². The number of aromatic nitrogens is 3. The fraction of sp³-hybridized carbons (Fsp3) is 0. The van der Waals surface area contributed by atoms with Gasteiger partial charge in [0.1, 0.15) is 0 Å². The lowest BCUT2D eigenvalue weighted by Gasteiger charge is -2.04. The summed E-state index contributed by atoms with van der Waals surface area (Å²) in [7, 11) is 0. The van der Waals surface area contributed by atoms with Crippen LogP contribution < -0.4 is 0 Å². The smallest absolute Gasteiger partial charge is 0.337 e. The highest BCUT2D eigenvalue weighted by Crippen LogP contribution is 2.28. The van der Waals surface area contributed by atoms with E-state index in [1.807, 2.05) is 18.2 Å². The topological polar surface area (TPSA) is 67.5 Å². The lowest BCUT2D eigenvalue weighted by Crippen LogP contribution is -2.00. The summed E-state index contributed by atoms with van der Waals surface area (Å²) in [6, 6.07) is 6.97. The number of carboxylic acids is 1. The lowest BCUT2D eigenvalue weighted by molar-refractivity contribution is 0.0696. The highest BCUT2D eigenvalue weighted by Gasteiger charge is 2.15. The van der Waals surface area contributed by atoms with Gasteiger partial charge in [-0.2, -0.15) is 0 Å². The number of fused-ring (bicyclic) bond motifs is 1. The maximum atomic E-state index is 11.1. The molecule has 8 heteroatoms. The molecule has 0 atom stereocenters. The highest BCUT2D eigenvalue weighted by molar-refractivity contribution is 9.11. The Labute approximate surface area is 140 Å². The van der Waals surface area contributed by atoms with Crippen LogP contribution in [0.4, 0.5) is 0 Å². The molecule has 0 unspecified atom stereocenters. The SMILES string of the molecule is O=C(O)c1cc(Cl)c2nnc(-c3cc(Br)cc(Br)c3)n2c1. The Kier molecular flexibility index (Phi) is 3.73. The van der Waals surface area contributed by atoms with Gasteiger partial charge in [-0.25, -0.2) is 4.79 Å². The summed E-state index contributed by atoms with van der Waals surface area (Å²) in [4.78, 5) is 11.1. The van der Waals surface area contributed by atoms with Crippen molar-refractivity contribution in [3.8, 4) is 11.4 Å². The van der Waals surface area contributed by atoms with Gasteiger partial charge in [0.15, 0.2) is 11.5 Å². The number of carbonyl (C=O) groups is 1. The standard InChI is InChI=1S/C13H6Br2ClN3O2/c14-8-1-6(2-9(15)4-8)11-17-18-12-10(16)3-7(13(20)21)5-19(11)12/h1-5H,(H,20,21). The lowest BCUT2D eigenvalue weighted by atomic mass is 10.2. The minimum Gasteiger partial charge on any atom is -0.478 e. The molecule has 0 spiro atoms. The summed E-state index contributed by atoms with van der Waals surface area (Å²) < 4.78 is 3.30. The molecule has 0 aliphatic heterocycles. The second-order valence-corrected chi connectivity index (χ2v) is 6.50. The quantitative estimate of drug-likeness (QED) is 0.658. The number of hydrogen-bond acceptors (Lipinski definition) is 3. The third-order valence-electron chi connectivity index (χ3n) is 2.83. The van der Waals surface area contributed by atoms with E-state index in [-0.39, 0.29) is 10.6 Å². The van der Waals surface area contributed by atoms with Gasteiger partial charge in [-0.1, -0.05) is 43.5 Å². The zero-order valence-corrected chi connectivity index (χ0v) is 14.1. The molecule has 5 nitrogen and oxygen atoms in total. The average Bonchev–Trinajstić information content (AvgIpc) is 2.81. The number of halogens is 3. The molecule has 0 bridgehead atoms. The van der Waals surface area contributed by atoms with Gasteiger partial charge in [0.2, 0.25) is 0 Å². The molecule has 0 radical (unpaired) electrons. The van der Waals surface area contributed by atoms with Crippen LogP contribution in [-0.2, 0) is 0 Å². The molecule has 0 fully saturated rings. The molecule has 2 heterocycles. The van der Waals surface area contributed by atoms with Crippen LogP contribution in [0.3, 0.4) is 0 Å². The zero-order chi connectivity index (χ0) is 15.1. The maximum absolute atomic E-state index is 11.1. The van der Waals surface area contributed by atoms with Crippen LogP contribution in [0.25, 0.3) is 17.0 Å². The van der Waals surface area contributed by atoms with Gasteiger partial charge in [-0.3, -0.25) is 4.40 Å². The molecule has 0 saturated carbocycles. The van der Waals surface area contributed by atoms with Crippen molar-refractivity contribution >= 4 is 55.1 Å². The average molecular weight is 431 g/mol. The van der Waals surface area contributed by atoms with Crippen LogP contribution >= 0.6 is 43.5 Å². The molecule has 0 aliphatic carbocycles. The molecule has 0 saturated heterocycles. The van der Waals surface area contributed by atoms with Crippen LogP contribution in [0.1, 0.15) is 10.4 Å². The summed E-state index contributed by atoms with van der Waals surface area (Å²) in [6.07, 6.45) is 1.45. The minimum atomic E-state index is -1.06. The van der Waals surface area contributed by atoms with Gasteiger partial charge in [0.05, 0.1) is 10.6 Å². The van der Waals surface area contributed by atoms with E-state index < -0.39 is 5.97 Å². The summed E-state index contributed by atoms with van der Waals surface area (Å²) in [5.41, 5.74) is 1.26. The van der Waals surface area contributed by atoms with E-state index in [2.05, 4.69) is 42.1 Å². The van der Waals surface area contributed by atoms with Gasteiger partial charge in [0.25, 0.3) is 0 Å². The number of pyridine rings is 1. The van der Waals surface area contributed by atoms with E-state index in [1.165, 1.54) is 12.3 Å². The van der Waals surface area contributed by atoms with E-state index >= 15 is 0 Å². The molecule has 106 valence electrons. The minimum absolute atomic E-state index is 0.0719. The number of benzene rings is 1. The molecule has 0 aliphatic rings. The monoisotopic (exact) mass is 429 g/mol. The third kappa shape index (κ3) is 2.68. The first kappa shape index (κ1) is 14.5. The van der Waals surface area contributed by atoms with Gasteiger partial charge in [0, 0.05) is 20.7 Å². The Hall–Kier alpha value is -1.44.